The van der Waals surface area contributed by atoms with Crippen molar-refractivity contribution in [2.75, 3.05) is 18.5 Å². The molecule has 1 saturated heterocycles. The predicted molar refractivity (Wildman–Crippen MR) is 113 cm³/mol. The normalized spacial score (nSPS) is 13.2. The minimum absolute atomic E-state index is 0.0875. The van der Waals surface area contributed by atoms with Gasteiger partial charge in [0.05, 0.1) is 19.4 Å². The van der Waals surface area contributed by atoms with Crippen molar-refractivity contribution < 1.29 is 19.1 Å². The largest absolute Gasteiger partial charge is 0.438 e. The average molecular weight is 410 g/mol. The number of ketones is 1. The smallest absolute Gasteiger partial charge is 0.237 e. The van der Waals surface area contributed by atoms with E-state index >= 15 is 0 Å². The summed E-state index contributed by atoms with van der Waals surface area (Å²) >= 11 is 0. The molecule has 1 aliphatic rings. The quantitative estimate of drug-likeness (QED) is 0.639. The molecule has 0 unspecified atom stereocenters. The number of carbonyl (C=O) groups excluding carboxylic acids is 2. The Bertz CT molecular complexity index is 1030. The first-order valence-corrected chi connectivity index (χ1v) is 10.1. The Kier molecular flexibility index (Phi) is 7.13. The maximum atomic E-state index is 12.0. The van der Waals surface area contributed by atoms with Gasteiger partial charge in [0.1, 0.15) is 11.5 Å². The number of Topliss-reactive ketones (excluding diaryl/α,β-unsaturated/α-hetero) is 1. The first-order valence-electron chi connectivity index (χ1n) is 10.1. The maximum absolute atomic E-state index is 12.0. The molecular formula is C22H26N4O4. The van der Waals surface area contributed by atoms with Crippen molar-refractivity contribution in [1.29, 1.82) is 0 Å². The second-order valence-corrected chi connectivity index (χ2v) is 6.88. The lowest BCUT2D eigenvalue weighted by Gasteiger charge is -2.24. The molecule has 158 valence electrons. The topological polar surface area (TPSA) is 94.8 Å². The molecule has 1 N–H and O–H groups in total. The van der Waals surface area contributed by atoms with Crippen molar-refractivity contribution in [3.05, 3.63) is 48.2 Å². The van der Waals surface area contributed by atoms with E-state index in [1.807, 2.05) is 32.0 Å². The molecule has 4 rings (SSSR count). The fourth-order valence-electron chi connectivity index (χ4n) is 2.96. The summed E-state index contributed by atoms with van der Waals surface area (Å²) in [5.74, 6) is 1.72. The van der Waals surface area contributed by atoms with Gasteiger partial charge in [-0.25, -0.2) is 9.50 Å². The summed E-state index contributed by atoms with van der Waals surface area (Å²) < 4.78 is 12.4. The fraction of sp³-hybridized carbons (Fsp3) is 0.364. The first kappa shape index (κ1) is 21.4. The van der Waals surface area contributed by atoms with E-state index in [0.717, 1.165) is 5.56 Å². The summed E-state index contributed by atoms with van der Waals surface area (Å²) in [5.41, 5.74) is 1.48. The molecule has 0 bridgehead atoms. The van der Waals surface area contributed by atoms with E-state index in [1.54, 1.807) is 35.8 Å². The number of nitrogens with zero attached hydrogens (tertiary/aromatic N) is 3. The van der Waals surface area contributed by atoms with Gasteiger partial charge in [0.25, 0.3) is 0 Å². The van der Waals surface area contributed by atoms with Crippen LogP contribution in [0.3, 0.4) is 0 Å². The standard InChI is InChI=1S/C20H20N4O4.C2H6/c1-13(25)7-14-3-2-4-16(8-14)28-20-6-5-18-21-17(10-24(18)23-20)22-19(26)9-15-11-27-12-15;1-2/h2-6,8,10,15H,7,9,11-12H2,1H3,(H,22,26);1-2H3. The Labute approximate surface area is 175 Å². The Morgan fingerprint density at radius 3 is 2.73 bits per heavy atom. The minimum Gasteiger partial charge on any atom is -0.438 e. The Morgan fingerprint density at radius 2 is 2.03 bits per heavy atom. The summed E-state index contributed by atoms with van der Waals surface area (Å²) in [7, 11) is 0. The van der Waals surface area contributed by atoms with Gasteiger partial charge in [-0.3, -0.25) is 9.59 Å². The van der Waals surface area contributed by atoms with Crippen LogP contribution in [0.2, 0.25) is 0 Å². The Balaban J connectivity index is 0.00000124. The molecule has 30 heavy (non-hydrogen) atoms. The molecule has 3 aromatic rings. The van der Waals surface area contributed by atoms with Gasteiger partial charge in [-0.2, -0.15) is 0 Å². The number of carbonyl (C=O) groups is 2. The number of rotatable bonds is 7. The van der Waals surface area contributed by atoms with Crippen LogP contribution < -0.4 is 10.1 Å². The zero-order valence-corrected chi connectivity index (χ0v) is 17.4. The first-order chi connectivity index (χ1) is 14.5. The number of imidazole rings is 1. The number of amides is 1. The summed E-state index contributed by atoms with van der Waals surface area (Å²) in [6.45, 7) is 6.82. The van der Waals surface area contributed by atoms with Gasteiger partial charge < -0.3 is 14.8 Å². The van der Waals surface area contributed by atoms with Crippen molar-refractivity contribution in [3.63, 3.8) is 0 Å². The van der Waals surface area contributed by atoms with Crippen molar-refractivity contribution >= 4 is 23.2 Å². The molecule has 1 aliphatic heterocycles. The summed E-state index contributed by atoms with van der Waals surface area (Å²) in [5, 5.41) is 7.16. The van der Waals surface area contributed by atoms with Crippen LogP contribution >= 0.6 is 0 Å². The zero-order valence-electron chi connectivity index (χ0n) is 17.4. The molecule has 0 spiro atoms. The third kappa shape index (κ3) is 5.64. The Morgan fingerprint density at radius 1 is 1.23 bits per heavy atom. The maximum Gasteiger partial charge on any atom is 0.237 e. The number of anilines is 1. The lowest BCUT2D eigenvalue weighted by molar-refractivity contribution is -0.121. The van der Waals surface area contributed by atoms with Gasteiger partial charge in [0, 0.05) is 24.8 Å². The van der Waals surface area contributed by atoms with E-state index in [1.165, 1.54) is 0 Å². The van der Waals surface area contributed by atoms with Crippen LogP contribution in [-0.4, -0.2) is 39.5 Å². The summed E-state index contributed by atoms with van der Waals surface area (Å²) in [4.78, 5) is 27.7. The molecule has 0 aliphatic carbocycles. The molecule has 8 heteroatoms. The van der Waals surface area contributed by atoms with Crippen LogP contribution in [0.1, 0.15) is 32.8 Å². The van der Waals surface area contributed by atoms with Gasteiger partial charge in [-0.15, -0.1) is 5.10 Å². The van der Waals surface area contributed by atoms with Crippen molar-refractivity contribution in [1.82, 2.24) is 14.6 Å². The minimum atomic E-state index is -0.0875. The monoisotopic (exact) mass is 410 g/mol. The molecule has 3 heterocycles. The fourth-order valence-corrected chi connectivity index (χ4v) is 2.96. The number of hydrogen-bond donors (Lipinski definition) is 1. The molecular weight excluding hydrogens is 384 g/mol. The average Bonchev–Trinajstić information content (AvgIpc) is 3.07. The van der Waals surface area contributed by atoms with Crippen LogP contribution in [0.25, 0.3) is 5.65 Å². The lowest BCUT2D eigenvalue weighted by Crippen LogP contribution is -2.31. The summed E-state index contributed by atoms with van der Waals surface area (Å²) in [6, 6.07) is 10.8. The number of fused-ring (bicyclic) bond motifs is 1. The summed E-state index contributed by atoms with van der Waals surface area (Å²) in [6.07, 6.45) is 2.43. The molecule has 0 atom stereocenters. The third-order valence-electron chi connectivity index (χ3n) is 4.32. The van der Waals surface area contributed by atoms with E-state index in [0.29, 0.717) is 49.1 Å². The van der Waals surface area contributed by atoms with Gasteiger partial charge in [0.15, 0.2) is 11.5 Å². The number of benzene rings is 1. The number of hydrogen-bond acceptors (Lipinski definition) is 6. The van der Waals surface area contributed by atoms with Crippen LogP contribution in [0.4, 0.5) is 5.82 Å². The van der Waals surface area contributed by atoms with Gasteiger partial charge in [-0.1, -0.05) is 26.0 Å². The number of aromatic nitrogens is 3. The van der Waals surface area contributed by atoms with Crippen LogP contribution in [-0.2, 0) is 20.7 Å². The highest BCUT2D eigenvalue weighted by atomic mass is 16.5. The van der Waals surface area contributed by atoms with Crippen LogP contribution in [0.5, 0.6) is 11.6 Å². The van der Waals surface area contributed by atoms with Gasteiger partial charge >= 0.3 is 0 Å². The van der Waals surface area contributed by atoms with Crippen molar-refractivity contribution in [2.45, 2.75) is 33.6 Å². The number of nitrogens with one attached hydrogen (secondary N) is 1. The molecule has 1 fully saturated rings. The van der Waals surface area contributed by atoms with Crippen molar-refractivity contribution in [3.8, 4) is 11.6 Å². The van der Waals surface area contributed by atoms with Crippen LogP contribution in [0, 0.1) is 5.92 Å². The van der Waals surface area contributed by atoms with E-state index < -0.39 is 0 Å². The van der Waals surface area contributed by atoms with E-state index in [-0.39, 0.29) is 17.6 Å². The molecule has 2 aromatic heterocycles. The van der Waals surface area contributed by atoms with E-state index in [4.69, 9.17) is 9.47 Å². The highest BCUT2D eigenvalue weighted by Crippen LogP contribution is 2.22. The third-order valence-corrected chi connectivity index (χ3v) is 4.32. The molecule has 0 saturated carbocycles. The van der Waals surface area contributed by atoms with E-state index in [9.17, 15) is 9.59 Å². The predicted octanol–water partition coefficient (Wildman–Crippen LogP) is 3.65. The van der Waals surface area contributed by atoms with E-state index in [2.05, 4.69) is 15.4 Å². The second kappa shape index (κ2) is 9.98. The van der Waals surface area contributed by atoms with Gasteiger partial charge in [-0.05, 0) is 30.7 Å². The molecule has 1 aromatic carbocycles. The van der Waals surface area contributed by atoms with Gasteiger partial charge in [0.2, 0.25) is 11.8 Å². The molecule has 8 nitrogen and oxygen atoms in total. The van der Waals surface area contributed by atoms with Crippen LogP contribution in [0.15, 0.2) is 42.6 Å². The highest BCUT2D eigenvalue weighted by molar-refractivity contribution is 5.90. The number of ether oxygens (including phenoxy) is 2. The molecule has 1 amide bonds. The second-order valence-electron chi connectivity index (χ2n) is 6.88. The van der Waals surface area contributed by atoms with Crippen molar-refractivity contribution in [2.24, 2.45) is 5.92 Å². The zero-order chi connectivity index (χ0) is 21.5. The highest BCUT2D eigenvalue weighted by Gasteiger charge is 2.22. The Hall–Kier alpha value is -3.26. The SMILES string of the molecule is CC.CC(=O)Cc1cccc(Oc2ccc3nc(NC(=O)CC4COC4)cn3n2)c1. The molecule has 0 radical (unpaired) electrons. The lowest BCUT2D eigenvalue weighted by atomic mass is 10.0.